The minimum absolute atomic E-state index is 0.0749. The van der Waals surface area contributed by atoms with Crippen molar-refractivity contribution in [1.82, 2.24) is 14.7 Å². The van der Waals surface area contributed by atoms with Gasteiger partial charge in [0.2, 0.25) is 11.8 Å². The molecule has 5 rings (SSSR count). The smallest absolute Gasteiger partial charge is 0.245 e. The van der Waals surface area contributed by atoms with Crippen molar-refractivity contribution < 1.29 is 14.7 Å². The van der Waals surface area contributed by atoms with Crippen molar-refractivity contribution in [3.05, 3.63) is 69.7 Å². The molecule has 35 heavy (non-hydrogen) atoms. The molecule has 3 fully saturated rings. The molecule has 186 valence electrons. The third-order valence-corrected chi connectivity index (χ3v) is 8.45. The number of nitrogens with zero attached hydrogens (tertiary/aromatic N) is 3. The molecule has 2 aromatic carbocycles. The molecule has 2 aromatic rings. The molecule has 3 atom stereocenters. The van der Waals surface area contributed by atoms with E-state index >= 15 is 0 Å². The van der Waals surface area contributed by atoms with Gasteiger partial charge in [-0.1, -0.05) is 58.4 Å². The Morgan fingerprint density at radius 3 is 2.46 bits per heavy atom. The Hall–Kier alpha value is -2.22. The van der Waals surface area contributed by atoms with E-state index < -0.39 is 0 Å². The summed E-state index contributed by atoms with van der Waals surface area (Å²) < 4.78 is 0.973. The number of aliphatic hydroxyl groups is 1. The summed E-state index contributed by atoms with van der Waals surface area (Å²) in [7, 11) is 0. The zero-order valence-corrected chi connectivity index (χ0v) is 21.7. The Bertz CT molecular complexity index is 1060. The molecule has 2 unspecified atom stereocenters. The lowest BCUT2D eigenvalue weighted by Gasteiger charge is -2.46. The summed E-state index contributed by atoms with van der Waals surface area (Å²) in [5, 5.41) is 9.24. The second-order valence-electron chi connectivity index (χ2n) is 10.4. The van der Waals surface area contributed by atoms with Gasteiger partial charge < -0.3 is 14.9 Å². The molecule has 0 radical (unpaired) electrons. The molecule has 0 spiro atoms. The lowest BCUT2D eigenvalue weighted by molar-refractivity contribution is -0.145. The summed E-state index contributed by atoms with van der Waals surface area (Å²) in [6.45, 7) is 5.11. The van der Waals surface area contributed by atoms with Gasteiger partial charge in [-0.2, -0.15) is 0 Å². The molecular formula is C28H34BrN3O3. The Morgan fingerprint density at radius 1 is 0.971 bits per heavy atom. The molecule has 7 heteroatoms. The van der Waals surface area contributed by atoms with E-state index in [1.165, 1.54) is 17.5 Å². The van der Waals surface area contributed by atoms with Crippen molar-refractivity contribution in [3.8, 4) is 0 Å². The molecule has 0 saturated carbocycles. The van der Waals surface area contributed by atoms with Crippen molar-refractivity contribution in [2.75, 3.05) is 32.8 Å². The summed E-state index contributed by atoms with van der Waals surface area (Å²) in [4.78, 5) is 32.7. The molecule has 6 nitrogen and oxygen atoms in total. The van der Waals surface area contributed by atoms with E-state index in [9.17, 15) is 14.7 Å². The van der Waals surface area contributed by atoms with Gasteiger partial charge >= 0.3 is 0 Å². The van der Waals surface area contributed by atoms with Crippen LogP contribution in [0.1, 0.15) is 36.0 Å². The van der Waals surface area contributed by atoms with Gasteiger partial charge in [-0.25, -0.2) is 0 Å². The van der Waals surface area contributed by atoms with Crippen LogP contribution < -0.4 is 0 Å². The fourth-order valence-corrected chi connectivity index (χ4v) is 6.59. The molecular weight excluding hydrogens is 506 g/mol. The average Bonchev–Trinajstić information content (AvgIpc) is 3.20. The van der Waals surface area contributed by atoms with Crippen LogP contribution in [0.5, 0.6) is 0 Å². The van der Waals surface area contributed by atoms with Crippen molar-refractivity contribution in [1.29, 1.82) is 0 Å². The monoisotopic (exact) mass is 539 g/mol. The molecule has 1 N–H and O–H groups in total. The number of rotatable bonds is 7. The van der Waals surface area contributed by atoms with Crippen molar-refractivity contribution in [2.24, 2.45) is 11.8 Å². The number of hydrogen-bond donors (Lipinski definition) is 1. The zero-order chi connectivity index (χ0) is 24.4. The summed E-state index contributed by atoms with van der Waals surface area (Å²) in [6.07, 6.45) is 2.93. The summed E-state index contributed by atoms with van der Waals surface area (Å²) in [5.41, 5.74) is 3.50. The topological polar surface area (TPSA) is 64.1 Å². The SMILES string of the molecule is O=C([C@@H]1CCC(=O)N1Cc1ccccc1Br)N1CC2CC(CN(Cc3cccc(CCO)c3)C2)C1. The van der Waals surface area contributed by atoms with Crippen LogP contribution in [-0.4, -0.2) is 70.4 Å². The fourth-order valence-electron chi connectivity index (χ4n) is 6.18. The van der Waals surface area contributed by atoms with Gasteiger partial charge in [0.05, 0.1) is 0 Å². The number of piperidine rings is 2. The molecule has 3 aliphatic rings. The van der Waals surface area contributed by atoms with Crippen LogP contribution in [0, 0.1) is 11.8 Å². The number of benzene rings is 2. The highest BCUT2D eigenvalue weighted by molar-refractivity contribution is 9.10. The predicted octanol–water partition coefficient (Wildman–Crippen LogP) is 3.46. The molecule has 0 aliphatic carbocycles. The van der Waals surface area contributed by atoms with E-state index in [0.29, 0.717) is 37.6 Å². The van der Waals surface area contributed by atoms with Crippen LogP contribution in [0.2, 0.25) is 0 Å². The molecule has 2 bridgehead atoms. The first-order valence-electron chi connectivity index (χ1n) is 12.7. The second kappa shape index (κ2) is 10.8. The molecule has 3 saturated heterocycles. The second-order valence-corrected chi connectivity index (χ2v) is 11.2. The third-order valence-electron chi connectivity index (χ3n) is 7.68. The number of fused-ring (bicyclic) bond motifs is 2. The highest BCUT2D eigenvalue weighted by Gasteiger charge is 2.42. The molecule has 3 aliphatic heterocycles. The number of carbonyl (C=O) groups excluding carboxylic acids is 2. The Morgan fingerprint density at radius 2 is 1.71 bits per heavy atom. The van der Waals surface area contributed by atoms with Crippen LogP contribution in [0.4, 0.5) is 0 Å². The van der Waals surface area contributed by atoms with E-state index in [-0.39, 0.29) is 24.5 Å². The zero-order valence-electron chi connectivity index (χ0n) is 20.1. The highest BCUT2D eigenvalue weighted by atomic mass is 79.9. The van der Waals surface area contributed by atoms with Crippen LogP contribution in [0.15, 0.2) is 53.0 Å². The number of halogens is 1. The van der Waals surface area contributed by atoms with Gasteiger partial charge in [-0.15, -0.1) is 0 Å². The Labute approximate surface area is 216 Å². The van der Waals surface area contributed by atoms with Crippen LogP contribution >= 0.6 is 15.9 Å². The van der Waals surface area contributed by atoms with E-state index in [0.717, 1.165) is 42.8 Å². The first-order valence-corrected chi connectivity index (χ1v) is 13.5. The largest absolute Gasteiger partial charge is 0.396 e. The van der Waals surface area contributed by atoms with Gasteiger partial charge in [0.25, 0.3) is 0 Å². The van der Waals surface area contributed by atoms with E-state index in [1.54, 1.807) is 4.90 Å². The first kappa shape index (κ1) is 24.5. The van der Waals surface area contributed by atoms with Crippen molar-refractivity contribution in [2.45, 2.75) is 44.8 Å². The number of aliphatic hydroxyl groups excluding tert-OH is 1. The summed E-state index contributed by atoms with van der Waals surface area (Å²) in [6, 6.07) is 16.1. The maximum atomic E-state index is 13.6. The number of hydrogen-bond acceptors (Lipinski definition) is 4. The van der Waals surface area contributed by atoms with Gasteiger partial charge in [0.15, 0.2) is 0 Å². The van der Waals surface area contributed by atoms with Crippen molar-refractivity contribution >= 4 is 27.7 Å². The maximum absolute atomic E-state index is 13.6. The quantitative estimate of drug-likeness (QED) is 0.585. The van der Waals surface area contributed by atoms with Gasteiger partial charge in [-0.05, 0) is 53.9 Å². The fraction of sp³-hybridized carbons (Fsp3) is 0.500. The Kier molecular flexibility index (Phi) is 7.56. The van der Waals surface area contributed by atoms with E-state index in [1.807, 2.05) is 29.2 Å². The number of amides is 2. The minimum atomic E-state index is -0.348. The van der Waals surface area contributed by atoms with Gasteiger partial charge in [0.1, 0.15) is 6.04 Å². The van der Waals surface area contributed by atoms with Gasteiger partial charge in [0, 0.05) is 56.8 Å². The van der Waals surface area contributed by atoms with Crippen LogP contribution in [-0.2, 0) is 29.1 Å². The summed E-state index contributed by atoms with van der Waals surface area (Å²) >= 11 is 3.58. The number of carbonyl (C=O) groups is 2. The highest BCUT2D eigenvalue weighted by Crippen LogP contribution is 2.32. The summed E-state index contributed by atoms with van der Waals surface area (Å²) in [5.74, 6) is 1.15. The third kappa shape index (κ3) is 5.63. The molecule has 2 amide bonds. The molecule has 3 heterocycles. The average molecular weight is 541 g/mol. The Balaban J connectivity index is 1.21. The predicted molar refractivity (Wildman–Crippen MR) is 138 cm³/mol. The number of likely N-dealkylation sites (tertiary alicyclic amines) is 3. The minimum Gasteiger partial charge on any atom is -0.396 e. The normalized spacial score (nSPS) is 24.7. The lowest BCUT2D eigenvalue weighted by Crippen LogP contribution is -2.57. The van der Waals surface area contributed by atoms with Crippen LogP contribution in [0.3, 0.4) is 0 Å². The van der Waals surface area contributed by atoms with Crippen LogP contribution in [0.25, 0.3) is 0 Å². The van der Waals surface area contributed by atoms with E-state index in [2.05, 4.69) is 45.1 Å². The van der Waals surface area contributed by atoms with Crippen molar-refractivity contribution in [3.63, 3.8) is 0 Å². The first-order chi connectivity index (χ1) is 17.0. The molecule has 0 aromatic heterocycles. The van der Waals surface area contributed by atoms with Gasteiger partial charge in [-0.3, -0.25) is 14.5 Å². The lowest BCUT2D eigenvalue weighted by atomic mass is 9.84. The maximum Gasteiger partial charge on any atom is 0.245 e. The standard InChI is InChI=1S/C28H34BrN3O3/c29-25-7-2-1-6-24(25)19-32-26(8-9-27(32)34)28(35)31-17-22-13-23(18-31)16-30(15-22)14-21-5-3-4-20(12-21)10-11-33/h1-7,12,22-23,26,33H,8-11,13-19H2/t22?,23?,26-/m0/s1. The van der Waals surface area contributed by atoms with E-state index in [4.69, 9.17) is 0 Å².